The third-order valence-electron chi connectivity index (χ3n) is 4.48. The second-order valence-corrected chi connectivity index (χ2v) is 6.00. The number of nitrogens with two attached hydrogens (primary N) is 1. The molecular weight excluding hydrogens is 271 g/mol. The van der Waals surface area contributed by atoms with Gasteiger partial charge in [0.25, 0.3) is 0 Å². The summed E-state index contributed by atoms with van der Waals surface area (Å²) in [5, 5.41) is 0. The van der Waals surface area contributed by atoms with Gasteiger partial charge in [-0.2, -0.15) is 0 Å². The maximum Gasteiger partial charge on any atom is 0.170 e. The van der Waals surface area contributed by atoms with Crippen molar-refractivity contribution >= 4 is 0 Å². The summed E-state index contributed by atoms with van der Waals surface area (Å²) >= 11 is 0. The van der Waals surface area contributed by atoms with Crippen LogP contribution in [0.1, 0.15) is 31.4 Å². The Morgan fingerprint density at radius 2 is 1.71 bits per heavy atom. The van der Waals surface area contributed by atoms with Crippen LogP contribution in [0.15, 0.2) is 24.3 Å². The number of likely N-dealkylation sites (tertiary alicyclic amines) is 1. The Bertz CT molecular complexity index is 462. The normalized spacial score (nSPS) is 25.1. The number of halogens is 1. The number of ether oxygens (including phenoxy) is 2. The standard InChI is InChI=1S/C16H23FN2O2/c1-12(18)15(13-2-4-14(17)5-3-13)19-8-6-16(7-9-19)20-10-11-21-16/h2-5,12,15H,6-11,18H2,1H3. The van der Waals surface area contributed by atoms with Gasteiger partial charge in [-0.1, -0.05) is 12.1 Å². The fourth-order valence-corrected chi connectivity index (χ4v) is 3.44. The molecule has 21 heavy (non-hydrogen) atoms. The van der Waals surface area contributed by atoms with Gasteiger partial charge in [0.2, 0.25) is 0 Å². The summed E-state index contributed by atoms with van der Waals surface area (Å²) in [7, 11) is 0. The average Bonchev–Trinajstić information content (AvgIpc) is 2.92. The Morgan fingerprint density at radius 3 is 2.24 bits per heavy atom. The van der Waals surface area contributed by atoms with Gasteiger partial charge in [0.15, 0.2) is 5.79 Å². The van der Waals surface area contributed by atoms with Gasteiger partial charge in [-0.05, 0) is 24.6 Å². The fourth-order valence-electron chi connectivity index (χ4n) is 3.44. The van der Waals surface area contributed by atoms with Gasteiger partial charge in [-0.15, -0.1) is 0 Å². The molecule has 2 aliphatic heterocycles. The molecule has 2 fully saturated rings. The molecule has 0 amide bonds. The van der Waals surface area contributed by atoms with E-state index in [0.717, 1.165) is 31.5 Å². The smallest absolute Gasteiger partial charge is 0.170 e. The molecule has 0 bridgehead atoms. The van der Waals surface area contributed by atoms with Gasteiger partial charge < -0.3 is 15.2 Å². The summed E-state index contributed by atoms with van der Waals surface area (Å²) in [4.78, 5) is 2.36. The van der Waals surface area contributed by atoms with Crippen LogP contribution in [-0.4, -0.2) is 43.0 Å². The molecule has 5 heteroatoms. The van der Waals surface area contributed by atoms with Gasteiger partial charge in [0.1, 0.15) is 5.82 Å². The molecule has 2 heterocycles. The van der Waals surface area contributed by atoms with Crippen molar-refractivity contribution in [2.75, 3.05) is 26.3 Å². The molecule has 2 unspecified atom stereocenters. The highest BCUT2D eigenvalue weighted by Gasteiger charge is 2.41. The molecule has 1 spiro atoms. The molecule has 2 aliphatic rings. The monoisotopic (exact) mass is 294 g/mol. The summed E-state index contributed by atoms with van der Waals surface area (Å²) in [6.07, 6.45) is 1.72. The van der Waals surface area contributed by atoms with E-state index in [-0.39, 0.29) is 23.7 Å². The highest BCUT2D eigenvalue weighted by atomic mass is 19.1. The van der Waals surface area contributed by atoms with Crippen molar-refractivity contribution in [3.8, 4) is 0 Å². The van der Waals surface area contributed by atoms with Gasteiger partial charge in [-0.25, -0.2) is 4.39 Å². The molecule has 3 rings (SSSR count). The van der Waals surface area contributed by atoms with Crippen LogP contribution in [0.2, 0.25) is 0 Å². The van der Waals surface area contributed by atoms with Crippen LogP contribution >= 0.6 is 0 Å². The van der Waals surface area contributed by atoms with Crippen LogP contribution in [-0.2, 0) is 9.47 Å². The fraction of sp³-hybridized carbons (Fsp3) is 0.625. The van der Waals surface area contributed by atoms with E-state index in [2.05, 4.69) is 4.90 Å². The van der Waals surface area contributed by atoms with Crippen LogP contribution in [0.3, 0.4) is 0 Å². The summed E-state index contributed by atoms with van der Waals surface area (Å²) < 4.78 is 24.6. The molecule has 0 aliphatic carbocycles. The minimum Gasteiger partial charge on any atom is -0.347 e. The summed E-state index contributed by atoms with van der Waals surface area (Å²) in [5.41, 5.74) is 7.25. The van der Waals surface area contributed by atoms with Crippen molar-refractivity contribution < 1.29 is 13.9 Å². The van der Waals surface area contributed by atoms with Crippen molar-refractivity contribution in [2.45, 2.75) is 37.6 Å². The second-order valence-electron chi connectivity index (χ2n) is 6.00. The first kappa shape index (κ1) is 14.9. The maximum atomic E-state index is 13.1. The second kappa shape index (κ2) is 6.01. The predicted octanol–water partition coefficient (Wildman–Crippen LogP) is 2.05. The SMILES string of the molecule is CC(N)C(c1ccc(F)cc1)N1CCC2(CC1)OCCO2. The largest absolute Gasteiger partial charge is 0.347 e. The van der Waals surface area contributed by atoms with E-state index in [4.69, 9.17) is 15.2 Å². The van der Waals surface area contributed by atoms with Gasteiger partial charge >= 0.3 is 0 Å². The van der Waals surface area contributed by atoms with E-state index in [1.54, 1.807) is 0 Å². The lowest BCUT2D eigenvalue weighted by molar-refractivity contribution is -0.188. The molecular formula is C16H23FN2O2. The van der Waals surface area contributed by atoms with E-state index >= 15 is 0 Å². The lowest BCUT2D eigenvalue weighted by atomic mass is 9.94. The Kier molecular flexibility index (Phi) is 4.26. The van der Waals surface area contributed by atoms with Gasteiger partial charge in [0.05, 0.1) is 13.2 Å². The summed E-state index contributed by atoms with van der Waals surface area (Å²) in [5.74, 6) is -0.589. The van der Waals surface area contributed by atoms with E-state index in [0.29, 0.717) is 13.2 Å². The maximum absolute atomic E-state index is 13.1. The first-order valence-electron chi connectivity index (χ1n) is 7.63. The lowest BCUT2D eigenvalue weighted by Gasteiger charge is -2.42. The minimum absolute atomic E-state index is 0.0186. The zero-order chi connectivity index (χ0) is 14.9. The molecule has 1 aromatic rings. The number of nitrogens with zero attached hydrogens (tertiary/aromatic N) is 1. The minimum atomic E-state index is -0.373. The van der Waals surface area contributed by atoms with Crippen molar-refractivity contribution in [3.63, 3.8) is 0 Å². The molecule has 116 valence electrons. The first-order valence-corrected chi connectivity index (χ1v) is 7.63. The van der Waals surface area contributed by atoms with Crippen LogP contribution in [0.5, 0.6) is 0 Å². The van der Waals surface area contributed by atoms with Crippen LogP contribution < -0.4 is 5.73 Å². The Balaban J connectivity index is 1.72. The van der Waals surface area contributed by atoms with Crippen LogP contribution in [0, 0.1) is 5.82 Å². The van der Waals surface area contributed by atoms with Crippen LogP contribution in [0.25, 0.3) is 0 Å². The number of hydrogen-bond donors (Lipinski definition) is 1. The average molecular weight is 294 g/mol. The third-order valence-corrected chi connectivity index (χ3v) is 4.48. The molecule has 0 saturated carbocycles. The topological polar surface area (TPSA) is 47.7 Å². The number of benzene rings is 1. The molecule has 1 aromatic carbocycles. The third kappa shape index (κ3) is 3.11. The van der Waals surface area contributed by atoms with E-state index in [1.165, 1.54) is 12.1 Å². The molecule has 4 nitrogen and oxygen atoms in total. The molecule has 0 aromatic heterocycles. The molecule has 0 radical (unpaired) electrons. The van der Waals surface area contributed by atoms with Gasteiger partial charge in [0, 0.05) is 38.0 Å². The number of rotatable bonds is 3. The quantitative estimate of drug-likeness (QED) is 0.927. The summed E-state index contributed by atoms with van der Waals surface area (Å²) in [6.45, 7) is 5.14. The van der Waals surface area contributed by atoms with Gasteiger partial charge in [-0.3, -0.25) is 4.90 Å². The summed E-state index contributed by atoms with van der Waals surface area (Å²) in [6, 6.07) is 6.74. The van der Waals surface area contributed by atoms with Crippen molar-refractivity contribution in [1.29, 1.82) is 0 Å². The first-order chi connectivity index (χ1) is 10.1. The number of piperidine rings is 1. The Labute approximate surface area is 125 Å². The van der Waals surface area contributed by atoms with Crippen molar-refractivity contribution in [1.82, 2.24) is 4.90 Å². The highest BCUT2D eigenvalue weighted by Crippen LogP contribution is 2.35. The Morgan fingerprint density at radius 1 is 1.14 bits per heavy atom. The highest BCUT2D eigenvalue weighted by molar-refractivity contribution is 5.21. The molecule has 2 atom stereocenters. The van der Waals surface area contributed by atoms with E-state index in [9.17, 15) is 4.39 Å². The molecule has 2 saturated heterocycles. The van der Waals surface area contributed by atoms with Crippen molar-refractivity contribution in [3.05, 3.63) is 35.6 Å². The number of hydrogen-bond acceptors (Lipinski definition) is 4. The van der Waals surface area contributed by atoms with E-state index < -0.39 is 0 Å². The lowest BCUT2D eigenvalue weighted by Crippen LogP contribution is -2.49. The van der Waals surface area contributed by atoms with E-state index in [1.807, 2.05) is 19.1 Å². The Hall–Kier alpha value is -1.01. The zero-order valence-electron chi connectivity index (χ0n) is 12.4. The van der Waals surface area contributed by atoms with Crippen LogP contribution in [0.4, 0.5) is 4.39 Å². The zero-order valence-corrected chi connectivity index (χ0v) is 12.4. The molecule has 2 N–H and O–H groups in total. The van der Waals surface area contributed by atoms with Crippen molar-refractivity contribution in [2.24, 2.45) is 5.73 Å². The predicted molar refractivity (Wildman–Crippen MR) is 78.2 cm³/mol.